The molecule has 152 valence electrons. The molecule has 0 aliphatic rings. The summed E-state index contributed by atoms with van der Waals surface area (Å²) < 4.78 is 11.1. The molecule has 29 heavy (non-hydrogen) atoms. The van der Waals surface area contributed by atoms with Crippen molar-refractivity contribution in [1.29, 1.82) is 0 Å². The lowest BCUT2D eigenvalue weighted by Gasteiger charge is -2.13. The van der Waals surface area contributed by atoms with Crippen molar-refractivity contribution in [2.75, 3.05) is 24.9 Å². The highest BCUT2D eigenvalue weighted by Crippen LogP contribution is 2.33. The van der Waals surface area contributed by atoms with E-state index in [9.17, 15) is 4.79 Å². The minimum absolute atomic E-state index is 0.187. The average molecular weight is 451 g/mol. The molecular formula is C19H19ClN4O3S2. The number of nitrogens with one attached hydrogen (secondary N) is 2. The van der Waals surface area contributed by atoms with E-state index >= 15 is 0 Å². The number of aromatic nitrogens is 2. The fraction of sp³-hybridized carbons (Fsp3) is 0.211. The van der Waals surface area contributed by atoms with Crippen LogP contribution in [0.1, 0.15) is 6.92 Å². The number of amides is 1. The lowest BCUT2D eigenvalue weighted by atomic mass is 10.3. The summed E-state index contributed by atoms with van der Waals surface area (Å²) in [6.45, 7) is 1.80. The Kier molecular flexibility index (Phi) is 7.18. The quantitative estimate of drug-likeness (QED) is 0.463. The molecule has 0 aliphatic carbocycles. The van der Waals surface area contributed by atoms with Crippen LogP contribution in [-0.2, 0) is 4.79 Å². The number of hydrogen-bond acceptors (Lipinski definition) is 8. The first kappa shape index (κ1) is 21.2. The van der Waals surface area contributed by atoms with Crippen molar-refractivity contribution in [1.82, 2.24) is 10.2 Å². The molecule has 0 saturated carbocycles. The molecule has 7 nitrogen and oxygen atoms in total. The van der Waals surface area contributed by atoms with Crippen LogP contribution in [0.2, 0.25) is 5.02 Å². The Balaban J connectivity index is 1.61. The van der Waals surface area contributed by atoms with Crippen molar-refractivity contribution >= 4 is 57.1 Å². The van der Waals surface area contributed by atoms with Crippen LogP contribution in [0, 0.1) is 0 Å². The van der Waals surface area contributed by atoms with E-state index in [2.05, 4.69) is 20.8 Å². The molecule has 3 rings (SSSR count). The topological polar surface area (TPSA) is 85.4 Å². The lowest BCUT2D eigenvalue weighted by molar-refractivity contribution is -0.115. The zero-order chi connectivity index (χ0) is 20.8. The summed E-state index contributed by atoms with van der Waals surface area (Å²) in [7, 11) is 3.15. The minimum Gasteiger partial charge on any atom is -0.497 e. The number of carbonyl (C=O) groups is 1. The maximum atomic E-state index is 12.6. The summed E-state index contributed by atoms with van der Waals surface area (Å²) >= 11 is 8.70. The molecule has 0 saturated heterocycles. The summed E-state index contributed by atoms with van der Waals surface area (Å²) in [5.74, 6) is 1.10. The first-order valence-corrected chi connectivity index (χ1v) is 10.6. The van der Waals surface area contributed by atoms with Gasteiger partial charge >= 0.3 is 0 Å². The molecule has 3 aromatic rings. The van der Waals surface area contributed by atoms with Crippen LogP contribution in [0.5, 0.6) is 11.5 Å². The molecular weight excluding hydrogens is 432 g/mol. The Hall–Kier alpha value is -2.49. The largest absolute Gasteiger partial charge is 0.497 e. The highest BCUT2D eigenvalue weighted by atomic mass is 35.5. The second-order valence-corrected chi connectivity index (χ2v) is 8.83. The fourth-order valence-corrected chi connectivity index (χ4v) is 4.44. The van der Waals surface area contributed by atoms with Gasteiger partial charge in [-0.25, -0.2) is 0 Å². The number of halogens is 1. The molecule has 1 amide bonds. The first-order valence-electron chi connectivity index (χ1n) is 8.54. The molecule has 2 N–H and O–H groups in total. The van der Waals surface area contributed by atoms with E-state index in [0.717, 1.165) is 11.4 Å². The van der Waals surface area contributed by atoms with Gasteiger partial charge in [0.15, 0.2) is 4.34 Å². The van der Waals surface area contributed by atoms with Crippen molar-refractivity contribution < 1.29 is 14.3 Å². The Morgan fingerprint density at radius 1 is 1.17 bits per heavy atom. The van der Waals surface area contributed by atoms with E-state index in [-0.39, 0.29) is 5.91 Å². The van der Waals surface area contributed by atoms with E-state index in [0.29, 0.717) is 25.9 Å². The van der Waals surface area contributed by atoms with Gasteiger partial charge in [0.2, 0.25) is 11.0 Å². The number of ether oxygens (including phenoxy) is 2. The smallest absolute Gasteiger partial charge is 0.237 e. The molecule has 2 aromatic carbocycles. The summed E-state index contributed by atoms with van der Waals surface area (Å²) in [5.41, 5.74) is 1.37. The van der Waals surface area contributed by atoms with Crippen LogP contribution >= 0.6 is 34.7 Å². The van der Waals surface area contributed by atoms with E-state index in [1.54, 1.807) is 32.2 Å². The average Bonchev–Trinajstić information content (AvgIpc) is 3.15. The van der Waals surface area contributed by atoms with E-state index in [1.165, 1.54) is 30.2 Å². The number of thioether (sulfide) groups is 1. The van der Waals surface area contributed by atoms with Gasteiger partial charge in [0.1, 0.15) is 11.5 Å². The number of carbonyl (C=O) groups excluding carboxylic acids is 1. The number of rotatable bonds is 8. The number of benzene rings is 2. The summed E-state index contributed by atoms with van der Waals surface area (Å²) in [6, 6.07) is 12.6. The van der Waals surface area contributed by atoms with Gasteiger partial charge in [0, 0.05) is 16.8 Å². The van der Waals surface area contributed by atoms with Gasteiger partial charge in [-0.05, 0) is 37.3 Å². The van der Waals surface area contributed by atoms with Gasteiger partial charge in [0.05, 0.1) is 25.2 Å². The van der Waals surface area contributed by atoms with E-state index in [4.69, 9.17) is 21.1 Å². The van der Waals surface area contributed by atoms with Gasteiger partial charge in [-0.2, -0.15) is 0 Å². The molecule has 0 spiro atoms. The second kappa shape index (κ2) is 9.82. The lowest BCUT2D eigenvalue weighted by Crippen LogP contribution is -2.22. The highest BCUT2D eigenvalue weighted by Gasteiger charge is 2.19. The third-order valence-electron chi connectivity index (χ3n) is 3.79. The molecule has 0 fully saturated rings. The number of nitrogens with zero attached hydrogens (tertiary/aromatic N) is 2. The zero-order valence-electron chi connectivity index (χ0n) is 15.9. The molecule has 0 aliphatic heterocycles. The molecule has 10 heteroatoms. The standard InChI is InChI=1S/C19H19ClN4O3S2/c1-11(17(25)22-15-9-12(20)7-8-16(15)27-3)28-19-24-23-18(29-19)21-13-5-4-6-14(10-13)26-2/h4-11H,1-3H3,(H,21,23)(H,22,25). The van der Waals surface area contributed by atoms with Crippen molar-refractivity contribution in [3.8, 4) is 11.5 Å². The number of hydrogen-bond donors (Lipinski definition) is 2. The molecule has 0 bridgehead atoms. The van der Waals surface area contributed by atoms with Gasteiger partial charge in [0.25, 0.3) is 0 Å². The maximum Gasteiger partial charge on any atom is 0.237 e. The van der Waals surface area contributed by atoms with Crippen molar-refractivity contribution in [2.24, 2.45) is 0 Å². The summed E-state index contributed by atoms with van der Waals surface area (Å²) in [5, 5.41) is 15.0. The molecule has 1 unspecified atom stereocenters. The SMILES string of the molecule is COc1cccc(Nc2nnc(SC(C)C(=O)Nc3cc(Cl)ccc3OC)s2)c1. The van der Waals surface area contributed by atoms with Crippen LogP contribution < -0.4 is 20.1 Å². The van der Waals surface area contributed by atoms with Crippen molar-refractivity contribution in [3.63, 3.8) is 0 Å². The first-order chi connectivity index (χ1) is 14.0. The third-order valence-corrected chi connectivity index (χ3v) is 6.05. The van der Waals surface area contributed by atoms with Gasteiger partial charge in [-0.15, -0.1) is 10.2 Å². The molecule has 1 atom stereocenters. The van der Waals surface area contributed by atoms with Gasteiger partial charge in [-0.1, -0.05) is 40.8 Å². The molecule has 0 radical (unpaired) electrons. The van der Waals surface area contributed by atoms with Crippen molar-refractivity contribution in [3.05, 3.63) is 47.5 Å². The predicted octanol–water partition coefficient (Wildman–Crippen LogP) is 5.07. The van der Waals surface area contributed by atoms with Crippen molar-refractivity contribution in [2.45, 2.75) is 16.5 Å². The third kappa shape index (κ3) is 5.75. The van der Waals surface area contributed by atoms with Gasteiger partial charge in [-0.3, -0.25) is 4.79 Å². The van der Waals surface area contributed by atoms with Crippen LogP contribution in [0.4, 0.5) is 16.5 Å². The minimum atomic E-state index is -0.392. The van der Waals surface area contributed by atoms with Crippen LogP contribution in [0.15, 0.2) is 46.8 Å². The fourth-order valence-electron chi connectivity index (χ4n) is 2.35. The predicted molar refractivity (Wildman–Crippen MR) is 118 cm³/mol. The monoisotopic (exact) mass is 450 g/mol. The van der Waals surface area contributed by atoms with E-state index in [1.807, 2.05) is 24.3 Å². The second-order valence-electron chi connectivity index (χ2n) is 5.82. The number of methoxy groups -OCH3 is 2. The summed E-state index contributed by atoms with van der Waals surface area (Å²) in [6.07, 6.45) is 0. The zero-order valence-corrected chi connectivity index (χ0v) is 18.3. The Labute approximate surface area is 181 Å². The van der Waals surface area contributed by atoms with Gasteiger partial charge < -0.3 is 20.1 Å². The highest BCUT2D eigenvalue weighted by molar-refractivity contribution is 8.02. The van der Waals surface area contributed by atoms with Crippen LogP contribution in [0.3, 0.4) is 0 Å². The normalized spacial score (nSPS) is 11.6. The Morgan fingerprint density at radius 2 is 2.00 bits per heavy atom. The maximum absolute atomic E-state index is 12.6. The van der Waals surface area contributed by atoms with E-state index < -0.39 is 5.25 Å². The Morgan fingerprint density at radius 3 is 2.76 bits per heavy atom. The van der Waals surface area contributed by atoms with Crippen LogP contribution in [-0.4, -0.2) is 35.6 Å². The van der Waals surface area contributed by atoms with Crippen LogP contribution in [0.25, 0.3) is 0 Å². The molecule has 1 heterocycles. The Bertz CT molecular complexity index is 999. The molecule has 1 aromatic heterocycles. The summed E-state index contributed by atoms with van der Waals surface area (Å²) in [4.78, 5) is 12.6. The number of anilines is 3.